The topological polar surface area (TPSA) is 96.0 Å². The molecule has 248 valence electrons. The zero-order chi connectivity index (χ0) is 34.4. The van der Waals surface area contributed by atoms with Gasteiger partial charge in [-0.05, 0) is 69.7 Å². The summed E-state index contributed by atoms with van der Waals surface area (Å²) in [6.45, 7) is 6.23. The van der Waals surface area contributed by atoms with Gasteiger partial charge >= 0.3 is 0 Å². The van der Waals surface area contributed by atoms with Crippen molar-refractivity contribution in [1.29, 1.82) is 0 Å². The normalized spacial score (nSPS) is 12.2. The molecular formula is C36H39ClFN3O5S. The lowest BCUT2D eigenvalue weighted by atomic mass is 10.0. The Morgan fingerprint density at radius 2 is 1.57 bits per heavy atom. The fraction of sp³-hybridized carbons (Fsp3) is 0.278. The lowest BCUT2D eigenvalue weighted by Gasteiger charge is -2.35. The largest absolute Gasteiger partial charge is 0.495 e. The van der Waals surface area contributed by atoms with E-state index in [9.17, 15) is 18.0 Å². The minimum atomic E-state index is -4.39. The molecule has 4 rings (SSSR count). The van der Waals surface area contributed by atoms with E-state index in [2.05, 4.69) is 5.32 Å². The van der Waals surface area contributed by atoms with Gasteiger partial charge < -0.3 is 15.0 Å². The number of carbonyl (C=O) groups excluding carboxylic acids is 2. The maximum atomic E-state index is 15.1. The van der Waals surface area contributed by atoms with Crippen LogP contribution >= 0.6 is 11.6 Å². The standard InChI is InChI=1S/C36H39ClFN3O5S/c1-25-15-18-29(19-16-25)47(44,45)41(31-22-28(37)17-20-33(31)46-5)24-34(42)40(23-27-13-9-10-14-30(27)38)32(35(43)39-36(2,3)4)21-26-11-7-6-8-12-26/h6-20,22,32H,21,23-24H2,1-5H3,(H,39,43). The third-order valence-electron chi connectivity index (χ3n) is 7.37. The highest BCUT2D eigenvalue weighted by Gasteiger charge is 2.36. The van der Waals surface area contributed by atoms with Gasteiger partial charge in [0.05, 0.1) is 17.7 Å². The number of carbonyl (C=O) groups is 2. The summed E-state index contributed by atoms with van der Waals surface area (Å²) >= 11 is 6.34. The van der Waals surface area contributed by atoms with Gasteiger partial charge in [0.25, 0.3) is 10.0 Å². The van der Waals surface area contributed by atoms with Crippen LogP contribution in [-0.4, -0.2) is 50.4 Å². The van der Waals surface area contributed by atoms with Crippen molar-refractivity contribution in [2.75, 3.05) is 18.0 Å². The third kappa shape index (κ3) is 9.11. The molecule has 0 saturated heterocycles. The Balaban J connectivity index is 1.88. The number of sulfonamides is 1. The second kappa shape index (κ2) is 15.0. The van der Waals surface area contributed by atoms with E-state index >= 15 is 4.39 Å². The van der Waals surface area contributed by atoms with E-state index in [4.69, 9.17) is 16.3 Å². The number of hydrogen-bond donors (Lipinski definition) is 1. The summed E-state index contributed by atoms with van der Waals surface area (Å²) in [5.41, 5.74) is 1.13. The molecule has 0 radical (unpaired) electrons. The van der Waals surface area contributed by atoms with Crippen LogP contribution < -0.4 is 14.4 Å². The summed E-state index contributed by atoms with van der Waals surface area (Å²) < 4.78 is 50.1. The fourth-order valence-electron chi connectivity index (χ4n) is 5.03. The lowest BCUT2D eigenvalue weighted by molar-refractivity contribution is -0.140. The van der Waals surface area contributed by atoms with Gasteiger partial charge in [0.15, 0.2) is 0 Å². The molecule has 0 bridgehead atoms. The van der Waals surface area contributed by atoms with E-state index in [1.165, 1.54) is 54.5 Å². The lowest BCUT2D eigenvalue weighted by Crippen LogP contribution is -2.56. The van der Waals surface area contributed by atoms with Gasteiger partial charge in [-0.15, -0.1) is 0 Å². The van der Waals surface area contributed by atoms with Crippen LogP contribution in [0, 0.1) is 12.7 Å². The molecule has 1 atom stereocenters. The SMILES string of the molecule is COc1ccc(Cl)cc1N(CC(=O)N(Cc1ccccc1F)C(Cc1ccccc1)C(=O)NC(C)(C)C)S(=O)(=O)c1ccc(C)cc1. The Morgan fingerprint density at radius 1 is 0.936 bits per heavy atom. The second-order valence-electron chi connectivity index (χ2n) is 12.2. The molecule has 1 unspecified atom stereocenters. The number of halogens is 2. The Labute approximate surface area is 281 Å². The summed E-state index contributed by atoms with van der Waals surface area (Å²) in [5, 5.41) is 3.17. The maximum Gasteiger partial charge on any atom is 0.264 e. The molecule has 0 aliphatic carbocycles. The number of nitrogens with zero attached hydrogens (tertiary/aromatic N) is 2. The van der Waals surface area contributed by atoms with Crippen molar-refractivity contribution in [3.63, 3.8) is 0 Å². The minimum absolute atomic E-state index is 0.0264. The Morgan fingerprint density at radius 3 is 2.19 bits per heavy atom. The van der Waals surface area contributed by atoms with Gasteiger partial charge in [0.2, 0.25) is 11.8 Å². The highest BCUT2D eigenvalue weighted by atomic mass is 35.5. The molecule has 0 aromatic heterocycles. The van der Waals surface area contributed by atoms with E-state index in [1.54, 1.807) is 24.3 Å². The van der Waals surface area contributed by atoms with Crippen LogP contribution in [0.1, 0.15) is 37.5 Å². The quantitative estimate of drug-likeness (QED) is 0.183. The monoisotopic (exact) mass is 679 g/mol. The van der Waals surface area contributed by atoms with Crippen LogP contribution in [-0.2, 0) is 32.6 Å². The van der Waals surface area contributed by atoms with Gasteiger partial charge in [-0.1, -0.05) is 77.8 Å². The Kier molecular flexibility index (Phi) is 11.3. The first-order valence-electron chi connectivity index (χ1n) is 15.0. The molecule has 4 aromatic carbocycles. The second-order valence-corrected chi connectivity index (χ2v) is 14.5. The van der Waals surface area contributed by atoms with E-state index in [1.807, 2.05) is 58.0 Å². The summed E-state index contributed by atoms with van der Waals surface area (Å²) in [6, 6.07) is 24.6. The van der Waals surface area contributed by atoms with Crippen LogP contribution in [0.25, 0.3) is 0 Å². The number of anilines is 1. The molecule has 2 amide bonds. The predicted molar refractivity (Wildman–Crippen MR) is 182 cm³/mol. The summed E-state index contributed by atoms with van der Waals surface area (Å²) in [5.74, 6) is -1.62. The summed E-state index contributed by atoms with van der Waals surface area (Å²) in [7, 11) is -3.01. The molecule has 0 heterocycles. The number of ether oxygens (including phenoxy) is 1. The minimum Gasteiger partial charge on any atom is -0.495 e. The van der Waals surface area contributed by atoms with E-state index in [0.717, 1.165) is 15.4 Å². The van der Waals surface area contributed by atoms with Crippen LogP contribution in [0.4, 0.5) is 10.1 Å². The van der Waals surface area contributed by atoms with Crippen molar-refractivity contribution in [3.05, 3.63) is 125 Å². The van der Waals surface area contributed by atoms with Crippen molar-refractivity contribution >= 4 is 39.1 Å². The molecule has 1 N–H and O–H groups in total. The van der Waals surface area contributed by atoms with Gasteiger partial charge in [-0.2, -0.15) is 0 Å². The average molecular weight is 680 g/mol. The van der Waals surface area contributed by atoms with E-state index in [-0.39, 0.29) is 39.9 Å². The first-order chi connectivity index (χ1) is 22.2. The number of amides is 2. The maximum absolute atomic E-state index is 15.1. The zero-order valence-corrected chi connectivity index (χ0v) is 28.6. The van der Waals surface area contributed by atoms with Gasteiger partial charge in [0, 0.05) is 29.1 Å². The number of methoxy groups -OCH3 is 1. The number of rotatable bonds is 12. The van der Waals surface area contributed by atoms with E-state index in [0.29, 0.717) is 0 Å². The van der Waals surface area contributed by atoms with Gasteiger partial charge in [-0.3, -0.25) is 13.9 Å². The average Bonchev–Trinajstić information content (AvgIpc) is 3.02. The highest BCUT2D eigenvalue weighted by Crippen LogP contribution is 2.35. The smallest absolute Gasteiger partial charge is 0.264 e. The van der Waals surface area contributed by atoms with Crippen molar-refractivity contribution in [2.24, 2.45) is 0 Å². The van der Waals surface area contributed by atoms with Gasteiger partial charge in [-0.25, -0.2) is 12.8 Å². The predicted octanol–water partition coefficient (Wildman–Crippen LogP) is 6.55. The van der Waals surface area contributed by atoms with Crippen molar-refractivity contribution in [2.45, 2.75) is 57.1 Å². The third-order valence-corrected chi connectivity index (χ3v) is 9.37. The summed E-state index contributed by atoms with van der Waals surface area (Å²) in [4.78, 5) is 29.7. The molecule has 47 heavy (non-hydrogen) atoms. The number of aryl methyl sites for hydroxylation is 1. The molecule has 0 spiro atoms. The number of nitrogens with one attached hydrogen (secondary N) is 1. The molecule has 11 heteroatoms. The zero-order valence-electron chi connectivity index (χ0n) is 27.0. The molecule has 8 nitrogen and oxygen atoms in total. The Hall–Kier alpha value is -4.41. The van der Waals surface area contributed by atoms with Crippen LogP contribution in [0.5, 0.6) is 5.75 Å². The Bertz CT molecular complexity index is 1810. The number of hydrogen-bond acceptors (Lipinski definition) is 5. The first-order valence-corrected chi connectivity index (χ1v) is 16.8. The van der Waals surface area contributed by atoms with Crippen LogP contribution in [0.2, 0.25) is 5.02 Å². The van der Waals surface area contributed by atoms with Crippen LogP contribution in [0.3, 0.4) is 0 Å². The van der Waals surface area contributed by atoms with Crippen molar-refractivity contribution in [1.82, 2.24) is 10.2 Å². The number of benzene rings is 4. The highest BCUT2D eigenvalue weighted by molar-refractivity contribution is 7.92. The first kappa shape index (κ1) is 35.4. The molecule has 0 aliphatic rings. The van der Waals surface area contributed by atoms with Gasteiger partial charge in [0.1, 0.15) is 24.2 Å². The van der Waals surface area contributed by atoms with E-state index < -0.39 is 45.8 Å². The fourth-order valence-corrected chi connectivity index (χ4v) is 6.61. The molecule has 0 saturated carbocycles. The molecule has 4 aromatic rings. The molecular weight excluding hydrogens is 641 g/mol. The molecule has 0 fully saturated rings. The van der Waals surface area contributed by atoms with Crippen LogP contribution in [0.15, 0.2) is 102 Å². The van der Waals surface area contributed by atoms with Crippen molar-refractivity contribution in [3.8, 4) is 5.75 Å². The molecule has 0 aliphatic heterocycles. The summed E-state index contributed by atoms with van der Waals surface area (Å²) in [6.07, 6.45) is 0.0914. The van der Waals surface area contributed by atoms with Crippen molar-refractivity contribution < 1.29 is 27.1 Å².